The maximum Gasteiger partial charge on any atom is 0.305 e. The molecule has 0 aliphatic heterocycles. The number of halogens is 1. The van der Waals surface area contributed by atoms with E-state index in [-0.39, 0.29) is 18.9 Å². The van der Waals surface area contributed by atoms with Gasteiger partial charge in [-0.25, -0.2) is 0 Å². The smallest absolute Gasteiger partial charge is 0.305 e. The summed E-state index contributed by atoms with van der Waals surface area (Å²) in [6.45, 7) is 3.79. The van der Waals surface area contributed by atoms with E-state index in [0.29, 0.717) is 11.4 Å². The van der Waals surface area contributed by atoms with Crippen LogP contribution in [-0.4, -0.2) is 23.5 Å². The molecule has 1 aromatic carbocycles. The van der Waals surface area contributed by atoms with E-state index in [0.717, 1.165) is 5.56 Å². The van der Waals surface area contributed by atoms with Gasteiger partial charge in [-0.2, -0.15) is 0 Å². The third kappa shape index (κ3) is 5.30. The minimum Gasteiger partial charge on any atom is -0.481 e. The Balaban J connectivity index is 2.59. The highest BCUT2D eigenvalue weighted by Crippen LogP contribution is 2.23. The molecule has 4 nitrogen and oxygen atoms in total. The van der Waals surface area contributed by atoms with Crippen molar-refractivity contribution in [1.82, 2.24) is 5.32 Å². The van der Waals surface area contributed by atoms with Crippen molar-refractivity contribution in [2.75, 3.05) is 6.54 Å². The predicted octanol–water partition coefficient (Wildman–Crippen LogP) is 2.50. The Morgan fingerprint density at radius 3 is 2.63 bits per heavy atom. The second-order valence-electron chi connectivity index (χ2n) is 5.09. The van der Waals surface area contributed by atoms with Crippen LogP contribution in [0.3, 0.4) is 0 Å². The Kier molecular flexibility index (Phi) is 5.36. The first kappa shape index (κ1) is 15.5. The van der Waals surface area contributed by atoms with Crippen LogP contribution >= 0.6 is 11.6 Å². The lowest BCUT2D eigenvalue weighted by Gasteiger charge is -2.23. The summed E-state index contributed by atoms with van der Waals surface area (Å²) in [5.74, 6) is -1.08. The van der Waals surface area contributed by atoms with Gasteiger partial charge in [-0.1, -0.05) is 37.6 Å². The van der Waals surface area contributed by atoms with Gasteiger partial charge in [-0.3, -0.25) is 9.59 Å². The van der Waals surface area contributed by atoms with Gasteiger partial charge in [-0.05, 0) is 24.1 Å². The number of carboxylic acids is 1. The molecule has 0 spiro atoms. The summed E-state index contributed by atoms with van der Waals surface area (Å²) in [7, 11) is 0. The molecule has 0 saturated carbocycles. The number of nitrogens with one attached hydrogen (secondary N) is 1. The van der Waals surface area contributed by atoms with Crippen molar-refractivity contribution in [1.29, 1.82) is 0 Å². The van der Waals surface area contributed by atoms with Crippen molar-refractivity contribution in [3.63, 3.8) is 0 Å². The highest BCUT2D eigenvalue weighted by molar-refractivity contribution is 6.30. The Bertz CT molecular complexity index is 472. The third-order valence-electron chi connectivity index (χ3n) is 2.77. The van der Waals surface area contributed by atoms with Gasteiger partial charge in [0.2, 0.25) is 5.91 Å². The van der Waals surface area contributed by atoms with Crippen molar-refractivity contribution in [2.45, 2.75) is 26.7 Å². The van der Waals surface area contributed by atoms with Crippen LogP contribution in [0.25, 0.3) is 0 Å². The number of benzene rings is 1. The molecule has 0 heterocycles. The fourth-order valence-corrected chi connectivity index (χ4v) is 1.97. The first-order valence-corrected chi connectivity index (χ1v) is 6.43. The quantitative estimate of drug-likeness (QED) is 0.843. The topological polar surface area (TPSA) is 66.4 Å². The summed E-state index contributed by atoms with van der Waals surface area (Å²) < 4.78 is 0. The number of carbonyl (C=O) groups excluding carboxylic acids is 1. The van der Waals surface area contributed by atoms with Crippen LogP contribution in [0.5, 0.6) is 0 Å². The molecule has 1 rings (SSSR count). The Labute approximate surface area is 117 Å². The fraction of sp³-hybridized carbons (Fsp3) is 0.429. The third-order valence-corrected chi connectivity index (χ3v) is 3.01. The van der Waals surface area contributed by atoms with E-state index in [4.69, 9.17) is 16.7 Å². The number of amides is 1. The van der Waals surface area contributed by atoms with Crippen molar-refractivity contribution in [3.05, 3.63) is 34.9 Å². The zero-order valence-corrected chi connectivity index (χ0v) is 11.8. The van der Waals surface area contributed by atoms with Crippen molar-refractivity contribution >= 4 is 23.5 Å². The van der Waals surface area contributed by atoms with Gasteiger partial charge < -0.3 is 10.4 Å². The molecule has 5 heteroatoms. The molecule has 0 aliphatic carbocycles. The zero-order chi connectivity index (χ0) is 14.5. The molecule has 0 aromatic heterocycles. The lowest BCUT2D eigenvalue weighted by molar-refractivity contribution is -0.137. The van der Waals surface area contributed by atoms with E-state index >= 15 is 0 Å². The summed E-state index contributed by atoms with van der Waals surface area (Å²) in [5.41, 5.74) is 0.370. The maximum atomic E-state index is 12.0. The number of carbonyl (C=O) groups is 2. The first-order valence-electron chi connectivity index (χ1n) is 6.06. The van der Waals surface area contributed by atoms with Crippen LogP contribution in [-0.2, 0) is 16.0 Å². The van der Waals surface area contributed by atoms with Crippen LogP contribution in [0.15, 0.2) is 24.3 Å². The highest BCUT2D eigenvalue weighted by Gasteiger charge is 2.27. The van der Waals surface area contributed by atoms with Crippen molar-refractivity contribution in [2.24, 2.45) is 5.41 Å². The van der Waals surface area contributed by atoms with E-state index < -0.39 is 11.4 Å². The molecule has 104 valence electrons. The van der Waals surface area contributed by atoms with Gasteiger partial charge in [0, 0.05) is 17.0 Å². The van der Waals surface area contributed by atoms with Gasteiger partial charge in [0.15, 0.2) is 0 Å². The van der Waals surface area contributed by atoms with E-state index in [1.165, 1.54) is 0 Å². The van der Waals surface area contributed by atoms with E-state index in [1.54, 1.807) is 6.07 Å². The number of hydrogen-bond acceptors (Lipinski definition) is 2. The second kappa shape index (κ2) is 6.57. The Morgan fingerprint density at radius 2 is 2.05 bits per heavy atom. The lowest BCUT2D eigenvalue weighted by Crippen LogP contribution is -2.39. The summed E-state index contributed by atoms with van der Waals surface area (Å²) in [4.78, 5) is 22.4. The summed E-state index contributed by atoms with van der Waals surface area (Å²) in [5, 5.41) is 11.8. The van der Waals surface area contributed by atoms with Crippen LogP contribution in [0.1, 0.15) is 25.8 Å². The molecule has 0 bridgehead atoms. The van der Waals surface area contributed by atoms with Crippen molar-refractivity contribution in [3.8, 4) is 0 Å². The van der Waals surface area contributed by atoms with Gasteiger partial charge in [0.25, 0.3) is 0 Å². The van der Waals surface area contributed by atoms with Gasteiger partial charge in [0.05, 0.1) is 6.42 Å². The molecule has 1 amide bonds. The Morgan fingerprint density at radius 1 is 1.37 bits per heavy atom. The number of rotatable bonds is 6. The molecule has 2 N–H and O–H groups in total. The normalized spacial score (nSPS) is 11.1. The predicted molar refractivity (Wildman–Crippen MR) is 74.2 cm³/mol. The largest absolute Gasteiger partial charge is 0.481 e. The van der Waals surface area contributed by atoms with Gasteiger partial charge >= 0.3 is 5.97 Å². The van der Waals surface area contributed by atoms with Gasteiger partial charge in [-0.15, -0.1) is 0 Å². The lowest BCUT2D eigenvalue weighted by atomic mass is 9.85. The molecule has 0 radical (unpaired) electrons. The Hall–Kier alpha value is -1.55. The first-order chi connectivity index (χ1) is 8.81. The average molecular weight is 284 g/mol. The monoisotopic (exact) mass is 283 g/mol. The van der Waals surface area contributed by atoms with Crippen LogP contribution in [0, 0.1) is 5.41 Å². The number of hydrogen-bond donors (Lipinski definition) is 2. The van der Waals surface area contributed by atoms with E-state index in [9.17, 15) is 9.59 Å². The molecule has 0 unspecified atom stereocenters. The molecule has 1 aromatic rings. The molecule has 19 heavy (non-hydrogen) atoms. The maximum absolute atomic E-state index is 12.0. The molecule has 0 saturated heterocycles. The fourth-order valence-electron chi connectivity index (χ4n) is 1.76. The van der Waals surface area contributed by atoms with Crippen LogP contribution in [0.2, 0.25) is 5.02 Å². The molecule has 0 aliphatic rings. The van der Waals surface area contributed by atoms with Crippen LogP contribution < -0.4 is 5.32 Å². The minimum absolute atomic E-state index is 0.0705. The standard InChI is InChI=1S/C14H18ClNO3/c1-14(2,13(19)16-7-6-12(17)18)9-10-4-3-5-11(15)8-10/h3-5,8H,6-7,9H2,1-2H3,(H,16,19)(H,17,18). The second-order valence-corrected chi connectivity index (χ2v) is 5.53. The summed E-state index contributed by atoms with van der Waals surface area (Å²) in [6.07, 6.45) is 0.478. The van der Waals surface area contributed by atoms with Gasteiger partial charge in [0.1, 0.15) is 0 Å². The van der Waals surface area contributed by atoms with Crippen molar-refractivity contribution < 1.29 is 14.7 Å². The zero-order valence-electron chi connectivity index (χ0n) is 11.1. The SMILES string of the molecule is CC(C)(Cc1cccc(Cl)c1)C(=O)NCCC(=O)O. The summed E-state index contributed by atoms with van der Waals surface area (Å²) in [6, 6.07) is 7.37. The molecule has 0 fully saturated rings. The minimum atomic E-state index is -0.923. The highest BCUT2D eigenvalue weighted by atomic mass is 35.5. The summed E-state index contributed by atoms with van der Waals surface area (Å²) >= 11 is 5.91. The number of carboxylic acid groups (broad SMARTS) is 1. The average Bonchev–Trinajstić information content (AvgIpc) is 2.27. The molecular weight excluding hydrogens is 266 g/mol. The molecular formula is C14H18ClNO3. The van der Waals surface area contributed by atoms with Crippen LogP contribution in [0.4, 0.5) is 0 Å². The van der Waals surface area contributed by atoms with E-state index in [1.807, 2.05) is 32.0 Å². The molecule has 0 atom stereocenters. The van der Waals surface area contributed by atoms with E-state index in [2.05, 4.69) is 5.32 Å². The number of aliphatic carboxylic acids is 1.